The van der Waals surface area contributed by atoms with Gasteiger partial charge in [-0.05, 0) is 64.8 Å². The summed E-state index contributed by atoms with van der Waals surface area (Å²) in [7, 11) is 0. The predicted molar refractivity (Wildman–Crippen MR) is 219 cm³/mol. The summed E-state index contributed by atoms with van der Waals surface area (Å²) in [6.07, 6.45) is 1.84. The minimum atomic E-state index is 0. The second-order valence-electron chi connectivity index (χ2n) is 13.7. The summed E-state index contributed by atoms with van der Waals surface area (Å²) >= 11 is 0. The molecular weight excluding hydrogens is 858 g/mol. The molecule has 12 aromatic rings. The molecule has 7 heteroatoms. The Morgan fingerprint density at radius 3 is 2.22 bits per heavy atom. The number of aromatic nitrogens is 5. The molecule has 6 nitrogen and oxygen atoms in total. The third-order valence-electron chi connectivity index (χ3n) is 10.7. The molecule has 0 unspecified atom stereocenters. The summed E-state index contributed by atoms with van der Waals surface area (Å²) in [5.41, 5.74) is 11.3. The molecule has 12 rings (SSSR count). The van der Waals surface area contributed by atoms with E-state index in [-0.39, 0.29) is 21.1 Å². The molecule has 0 radical (unpaired) electrons. The molecule has 5 heterocycles. The first-order valence-corrected chi connectivity index (χ1v) is 18.0. The maximum Gasteiger partial charge on any atom is 2.00 e. The Balaban J connectivity index is 0.00000352. The summed E-state index contributed by atoms with van der Waals surface area (Å²) in [4.78, 5) is 15.6. The fourth-order valence-corrected chi connectivity index (χ4v) is 8.40. The van der Waals surface area contributed by atoms with Gasteiger partial charge in [-0.15, -0.1) is 34.8 Å². The molecule has 0 saturated heterocycles. The summed E-state index contributed by atoms with van der Waals surface area (Å²) in [5.74, 6) is 1.67. The number of benzene rings is 7. The van der Waals surface area contributed by atoms with E-state index < -0.39 is 0 Å². The van der Waals surface area contributed by atoms with Crippen molar-refractivity contribution in [1.82, 2.24) is 24.1 Å². The van der Waals surface area contributed by atoms with E-state index in [4.69, 9.17) is 19.4 Å². The van der Waals surface area contributed by atoms with Gasteiger partial charge in [-0.3, -0.25) is 4.57 Å². The fraction of sp³-hybridized carbons (Fsp3) is 0. The van der Waals surface area contributed by atoms with E-state index in [1.807, 2.05) is 48.7 Å². The van der Waals surface area contributed by atoms with Crippen molar-refractivity contribution >= 4 is 76.6 Å². The quantitative estimate of drug-likeness (QED) is 0.165. The minimum Gasteiger partial charge on any atom is -0.656 e. The topological polar surface area (TPSA) is 62.9 Å². The van der Waals surface area contributed by atoms with Gasteiger partial charge in [0.05, 0.1) is 11.0 Å². The molecule has 0 amide bonds. The molecular formula is C48H27N5OPt. The normalized spacial score (nSPS) is 11.9. The number of rotatable bonds is 4. The van der Waals surface area contributed by atoms with E-state index >= 15 is 0 Å². The number of para-hydroxylation sites is 5. The van der Waals surface area contributed by atoms with Gasteiger partial charge in [0.2, 0.25) is 0 Å². The molecule has 0 bridgehead atoms. The zero-order valence-corrected chi connectivity index (χ0v) is 31.3. The average molecular weight is 885 g/mol. The van der Waals surface area contributed by atoms with Crippen LogP contribution in [0.2, 0.25) is 0 Å². The van der Waals surface area contributed by atoms with Crippen molar-refractivity contribution in [3.05, 3.63) is 170 Å². The van der Waals surface area contributed by atoms with E-state index in [0.29, 0.717) is 0 Å². The molecule has 0 aliphatic heterocycles. The van der Waals surface area contributed by atoms with Crippen molar-refractivity contribution in [3.63, 3.8) is 0 Å². The summed E-state index contributed by atoms with van der Waals surface area (Å²) in [6.45, 7) is 0. The van der Waals surface area contributed by atoms with Gasteiger partial charge in [-0.25, -0.2) is 9.97 Å². The average Bonchev–Trinajstić information content (AvgIpc) is 4.00. The van der Waals surface area contributed by atoms with E-state index in [1.54, 1.807) is 0 Å². The van der Waals surface area contributed by atoms with Crippen LogP contribution in [-0.2, 0) is 21.1 Å². The number of nitrogens with zero attached hydrogens (tertiary/aromatic N) is 5. The van der Waals surface area contributed by atoms with Crippen LogP contribution in [0.4, 0.5) is 0 Å². The Morgan fingerprint density at radius 2 is 1.35 bits per heavy atom. The van der Waals surface area contributed by atoms with Crippen molar-refractivity contribution in [2.45, 2.75) is 0 Å². The first-order chi connectivity index (χ1) is 26.8. The maximum absolute atomic E-state index is 6.59. The molecule has 7 aromatic carbocycles. The Bertz CT molecular complexity index is 3450. The molecule has 5 aromatic heterocycles. The molecule has 0 N–H and O–H groups in total. The summed E-state index contributed by atoms with van der Waals surface area (Å²) in [5, 5.41) is 6.46. The van der Waals surface area contributed by atoms with Crippen molar-refractivity contribution < 1.29 is 25.5 Å². The number of hydrogen-bond donors (Lipinski definition) is 0. The number of pyridine rings is 1. The number of fused-ring (bicyclic) bond motifs is 11. The van der Waals surface area contributed by atoms with E-state index in [2.05, 4.69) is 130 Å². The van der Waals surface area contributed by atoms with Crippen LogP contribution in [0, 0.1) is 6.07 Å². The van der Waals surface area contributed by atoms with Gasteiger partial charge in [0.15, 0.2) is 0 Å². The molecule has 260 valence electrons. The van der Waals surface area contributed by atoms with Crippen LogP contribution in [0.15, 0.2) is 168 Å². The van der Waals surface area contributed by atoms with Crippen molar-refractivity contribution in [3.8, 4) is 34.0 Å². The first kappa shape index (κ1) is 31.7. The summed E-state index contributed by atoms with van der Waals surface area (Å²) < 4.78 is 11.1. The zero-order valence-electron chi connectivity index (χ0n) is 29.0. The van der Waals surface area contributed by atoms with Crippen molar-refractivity contribution in [2.24, 2.45) is 0 Å². The number of hydrogen-bond acceptors (Lipinski definition) is 3. The molecule has 0 fully saturated rings. The van der Waals surface area contributed by atoms with Gasteiger partial charge < -0.3 is 14.0 Å². The Kier molecular flexibility index (Phi) is 7.01. The van der Waals surface area contributed by atoms with E-state index in [9.17, 15) is 0 Å². The Morgan fingerprint density at radius 1 is 0.582 bits per heavy atom. The fourth-order valence-electron chi connectivity index (χ4n) is 8.40. The third-order valence-corrected chi connectivity index (χ3v) is 10.7. The van der Waals surface area contributed by atoms with Gasteiger partial charge in [-0.1, -0.05) is 108 Å². The first-order valence-electron chi connectivity index (χ1n) is 18.0. The minimum absolute atomic E-state index is 0. The number of imidazole rings is 1. The van der Waals surface area contributed by atoms with Gasteiger partial charge in [0, 0.05) is 39.1 Å². The molecule has 0 aliphatic rings. The van der Waals surface area contributed by atoms with Crippen molar-refractivity contribution in [1.29, 1.82) is 0 Å². The van der Waals surface area contributed by atoms with Crippen LogP contribution < -0.4 is 4.98 Å². The van der Waals surface area contributed by atoms with Crippen LogP contribution in [0.1, 0.15) is 0 Å². The molecule has 0 saturated carbocycles. The SMILES string of the molecule is [Pt+2].[c-]1c(-c2cccc3c2nc(-c2cc4c5ccccc5oc4c4c2[n-]c2ccccc24)n3-c2ccccc2)ccc2c3ccccc3n(-c3ccccn3)c12. The van der Waals surface area contributed by atoms with Gasteiger partial charge >= 0.3 is 21.1 Å². The maximum atomic E-state index is 6.59. The van der Waals surface area contributed by atoms with Crippen LogP contribution in [0.5, 0.6) is 0 Å². The smallest absolute Gasteiger partial charge is 0.656 e. The van der Waals surface area contributed by atoms with Gasteiger partial charge in [0.1, 0.15) is 22.8 Å². The van der Waals surface area contributed by atoms with Crippen molar-refractivity contribution in [2.75, 3.05) is 0 Å². The van der Waals surface area contributed by atoms with Crippen LogP contribution >= 0.6 is 0 Å². The monoisotopic (exact) mass is 884 g/mol. The zero-order chi connectivity index (χ0) is 35.3. The number of furan rings is 1. The van der Waals surface area contributed by atoms with Crippen LogP contribution in [-0.4, -0.2) is 19.1 Å². The summed E-state index contributed by atoms with van der Waals surface area (Å²) in [6, 6.07) is 58.4. The van der Waals surface area contributed by atoms with Gasteiger partial charge in [-0.2, -0.15) is 0 Å². The predicted octanol–water partition coefficient (Wildman–Crippen LogP) is 11.8. The van der Waals surface area contributed by atoms with Gasteiger partial charge in [0.25, 0.3) is 0 Å². The second-order valence-corrected chi connectivity index (χ2v) is 13.7. The van der Waals surface area contributed by atoms with E-state index in [0.717, 1.165) is 111 Å². The largest absolute Gasteiger partial charge is 2.00 e. The molecule has 0 spiro atoms. The standard InChI is InChI=1S/C48H27N5O.Pt/c1-2-13-30(14-3-1)52-40-21-12-18-31(29-24-25-33-32-15-5-8-20-39(32)53(41(33)27-29)43-23-10-11-26-49-43)45(40)51-48(52)37-28-36-34-16-6-9-22-42(34)54-47(36)44-35-17-4-7-19-38(35)50-46(37)44;/h1-26,28H;/q-2;+2. The molecule has 0 aliphatic carbocycles. The second kappa shape index (κ2) is 12.1. The third kappa shape index (κ3) is 4.59. The molecule has 55 heavy (non-hydrogen) atoms. The Hall–Kier alpha value is -6.75. The van der Waals surface area contributed by atoms with Crippen LogP contribution in [0.25, 0.3) is 111 Å². The van der Waals surface area contributed by atoms with E-state index in [1.165, 1.54) is 0 Å². The Labute approximate surface area is 328 Å². The molecule has 0 atom stereocenters. The van der Waals surface area contributed by atoms with Crippen LogP contribution in [0.3, 0.4) is 0 Å².